The SMILES string of the molecule is C=CCN(C(=O)C(CS)NC(=O)OC(C)(C)C)C(C(=O)Nc1ccc(OC)cc1)c1cc(C)cc(C)c1. The molecule has 2 N–H and O–H groups in total. The van der Waals surface area contributed by atoms with Gasteiger partial charge in [-0.15, -0.1) is 6.58 Å². The molecule has 0 aliphatic heterocycles. The Morgan fingerprint density at radius 2 is 1.68 bits per heavy atom. The summed E-state index contributed by atoms with van der Waals surface area (Å²) in [6.07, 6.45) is 0.793. The number of benzene rings is 2. The van der Waals surface area contributed by atoms with Crippen LogP contribution in [-0.2, 0) is 14.3 Å². The number of rotatable bonds is 10. The van der Waals surface area contributed by atoms with Gasteiger partial charge in [-0.1, -0.05) is 35.4 Å². The number of thiol groups is 1. The van der Waals surface area contributed by atoms with Gasteiger partial charge in [0.1, 0.15) is 23.4 Å². The van der Waals surface area contributed by atoms with Crippen LogP contribution in [0.15, 0.2) is 55.1 Å². The van der Waals surface area contributed by atoms with Crippen molar-refractivity contribution >= 4 is 36.2 Å². The highest BCUT2D eigenvalue weighted by molar-refractivity contribution is 7.80. The third-order valence-electron chi connectivity index (χ3n) is 5.26. The molecule has 0 aliphatic carbocycles. The number of methoxy groups -OCH3 is 1. The molecule has 2 unspecified atom stereocenters. The molecular weight excluding hydrogens is 490 g/mol. The van der Waals surface area contributed by atoms with E-state index in [0.717, 1.165) is 11.1 Å². The fraction of sp³-hybridized carbons (Fsp3) is 0.393. The van der Waals surface area contributed by atoms with Crippen LogP contribution < -0.4 is 15.4 Å². The average Bonchev–Trinajstić information content (AvgIpc) is 2.80. The van der Waals surface area contributed by atoms with E-state index >= 15 is 0 Å². The first-order valence-corrected chi connectivity index (χ1v) is 12.6. The zero-order valence-corrected chi connectivity index (χ0v) is 23.2. The minimum atomic E-state index is -1.03. The Hall–Kier alpha value is -3.46. The number of nitrogens with zero attached hydrogens (tertiary/aromatic N) is 1. The monoisotopic (exact) mass is 527 g/mol. The van der Waals surface area contributed by atoms with E-state index in [0.29, 0.717) is 17.0 Å². The smallest absolute Gasteiger partial charge is 0.408 e. The lowest BCUT2D eigenvalue weighted by Gasteiger charge is -2.33. The number of anilines is 1. The summed E-state index contributed by atoms with van der Waals surface area (Å²) in [4.78, 5) is 41.3. The summed E-state index contributed by atoms with van der Waals surface area (Å²) in [7, 11) is 1.56. The molecule has 2 aromatic rings. The molecule has 0 bridgehead atoms. The van der Waals surface area contributed by atoms with Gasteiger partial charge >= 0.3 is 6.09 Å². The molecule has 0 spiro atoms. The molecule has 0 heterocycles. The summed E-state index contributed by atoms with van der Waals surface area (Å²) in [6.45, 7) is 12.9. The van der Waals surface area contributed by atoms with Crippen LogP contribution in [0.3, 0.4) is 0 Å². The topological polar surface area (TPSA) is 97.0 Å². The van der Waals surface area contributed by atoms with Gasteiger partial charge in [0.05, 0.1) is 7.11 Å². The van der Waals surface area contributed by atoms with E-state index in [-0.39, 0.29) is 12.3 Å². The maximum atomic E-state index is 13.8. The summed E-state index contributed by atoms with van der Waals surface area (Å²) >= 11 is 4.29. The molecule has 0 saturated heterocycles. The molecule has 0 aromatic heterocycles. The van der Waals surface area contributed by atoms with E-state index in [1.54, 1.807) is 52.1 Å². The average molecular weight is 528 g/mol. The molecule has 2 atom stereocenters. The van der Waals surface area contributed by atoms with E-state index in [9.17, 15) is 14.4 Å². The van der Waals surface area contributed by atoms with Crippen LogP contribution in [0.4, 0.5) is 10.5 Å². The van der Waals surface area contributed by atoms with Crippen molar-refractivity contribution in [3.8, 4) is 5.75 Å². The third-order valence-corrected chi connectivity index (χ3v) is 5.62. The zero-order valence-electron chi connectivity index (χ0n) is 22.3. The highest BCUT2D eigenvalue weighted by Crippen LogP contribution is 2.27. The Balaban J connectivity index is 2.47. The van der Waals surface area contributed by atoms with Gasteiger partial charge in [-0.3, -0.25) is 9.59 Å². The second-order valence-electron chi connectivity index (χ2n) is 9.70. The molecule has 0 fully saturated rings. The van der Waals surface area contributed by atoms with E-state index in [4.69, 9.17) is 9.47 Å². The number of amides is 3. The number of carbonyl (C=O) groups excluding carboxylic acids is 3. The van der Waals surface area contributed by atoms with Crippen molar-refractivity contribution in [3.05, 3.63) is 71.8 Å². The molecule has 0 saturated carbocycles. The second kappa shape index (κ2) is 13.2. The van der Waals surface area contributed by atoms with Crippen molar-refractivity contribution in [3.63, 3.8) is 0 Å². The first-order chi connectivity index (χ1) is 17.4. The van der Waals surface area contributed by atoms with Crippen molar-refractivity contribution in [2.75, 3.05) is 24.7 Å². The van der Waals surface area contributed by atoms with Crippen LogP contribution in [0.2, 0.25) is 0 Å². The van der Waals surface area contributed by atoms with E-state index in [2.05, 4.69) is 29.8 Å². The predicted octanol–water partition coefficient (Wildman–Crippen LogP) is 4.83. The molecule has 0 radical (unpaired) electrons. The second-order valence-corrected chi connectivity index (χ2v) is 10.1. The van der Waals surface area contributed by atoms with E-state index < -0.39 is 35.6 Å². The lowest BCUT2D eigenvalue weighted by Crippen LogP contribution is -2.53. The minimum absolute atomic E-state index is 0.00534. The van der Waals surface area contributed by atoms with Gasteiger partial charge in [-0.25, -0.2) is 4.79 Å². The zero-order chi connectivity index (χ0) is 27.8. The van der Waals surface area contributed by atoms with Gasteiger partial charge in [0, 0.05) is 18.0 Å². The minimum Gasteiger partial charge on any atom is -0.497 e. The Morgan fingerprint density at radius 1 is 1.08 bits per heavy atom. The number of nitrogens with one attached hydrogen (secondary N) is 2. The highest BCUT2D eigenvalue weighted by atomic mass is 32.1. The molecule has 3 amide bonds. The first-order valence-electron chi connectivity index (χ1n) is 11.9. The van der Waals surface area contributed by atoms with Crippen LogP contribution in [0.1, 0.15) is 43.5 Å². The Morgan fingerprint density at radius 3 is 2.16 bits per heavy atom. The van der Waals surface area contributed by atoms with Crippen molar-refractivity contribution in [1.29, 1.82) is 0 Å². The maximum Gasteiger partial charge on any atom is 0.408 e. The van der Waals surface area contributed by atoms with Gasteiger partial charge < -0.3 is 25.0 Å². The fourth-order valence-corrected chi connectivity index (χ4v) is 4.07. The summed E-state index contributed by atoms with van der Waals surface area (Å²) in [5.41, 5.74) is 2.33. The van der Waals surface area contributed by atoms with Gasteiger partial charge in [0.2, 0.25) is 5.91 Å². The maximum absolute atomic E-state index is 13.8. The number of alkyl carbamates (subject to hydrolysis) is 1. The molecule has 37 heavy (non-hydrogen) atoms. The van der Waals surface area contributed by atoms with Gasteiger partial charge in [0.25, 0.3) is 5.91 Å². The van der Waals surface area contributed by atoms with Crippen LogP contribution in [0.25, 0.3) is 0 Å². The van der Waals surface area contributed by atoms with Gasteiger partial charge in [0.15, 0.2) is 0 Å². The van der Waals surface area contributed by atoms with E-state index in [1.807, 2.05) is 32.0 Å². The summed E-state index contributed by atoms with van der Waals surface area (Å²) in [5.74, 6) is -0.252. The number of ether oxygens (including phenoxy) is 2. The highest BCUT2D eigenvalue weighted by Gasteiger charge is 2.35. The fourth-order valence-electron chi connectivity index (χ4n) is 3.82. The Labute approximate surface area is 224 Å². The van der Waals surface area contributed by atoms with Crippen LogP contribution >= 0.6 is 12.6 Å². The van der Waals surface area contributed by atoms with E-state index in [1.165, 1.54) is 11.0 Å². The van der Waals surface area contributed by atoms with Crippen molar-refractivity contribution in [2.45, 2.75) is 52.3 Å². The number of hydrogen-bond acceptors (Lipinski definition) is 6. The van der Waals surface area contributed by atoms with Crippen LogP contribution in [-0.4, -0.2) is 53.9 Å². The first kappa shape index (κ1) is 29.8. The number of carbonyl (C=O) groups is 3. The molecule has 0 aliphatic rings. The molecule has 8 nitrogen and oxygen atoms in total. The Kier molecular flexibility index (Phi) is 10.6. The van der Waals surface area contributed by atoms with Crippen molar-refractivity contribution in [1.82, 2.24) is 10.2 Å². The lowest BCUT2D eigenvalue weighted by atomic mass is 9.98. The number of hydrogen-bond donors (Lipinski definition) is 3. The standard InChI is InChI=1S/C28H37N3O5S/c1-8-13-31(26(33)23(17-37)30-27(34)36-28(4,5)6)24(20-15-18(2)14-19(3)16-20)25(32)29-21-9-11-22(35-7)12-10-21/h8-12,14-16,23-24,37H,1,13,17H2,2-7H3,(H,29,32)(H,30,34). The predicted molar refractivity (Wildman–Crippen MR) is 149 cm³/mol. The summed E-state index contributed by atoms with van der Waals surface area (Å²) < 4.78 is 10.5. The van der Waals surface area contributed by atoms with Crippen LogP contribution in [0, 0.1) is 13.8 Å². The molecule has 2 aromatic carbocycles. The normalized spacial score (nSPS) is 12.6. The largest absolute Gasteiger partial charge is 0.497 e. The Bertz CT molecular complexity index is 1090. The van der Waals surface area contributed by atoms with Gasteiger partial charge in [-0.2, -0.15) is 12.6 Å². The van der Waals surface area contributed by atoms with Crippen molar-refractivity contribution in [2.24, 2.45) is 0 Å². The summed E-state index contributed by atoms with van der Waals surface area (Å²) in [6, 6.07) is 10.6. The van der Waals surface area contributed by atoms with Gasteiger partial charge in [-0.05, 0) is 64.4 Å². The molecule has 9 heteroatoms. The summed E-state index contributed by atoms with van der Waals surface area (Å²) in [5, 5.41) is 5.48. The third kappa shape index (κ3) is 8.86. The van der Waals surface area contributed by atoms with Crippen LogP contribution in [0.5, 0.6) is 5.75 Å². The molecule has 2 rings (SSSR count). The molecule has 200 valence electrons. The molecular formula is C28H37N3O5S. The number of aryl methyl sites for hydroxylation is 2. The quantitative estimate of drug-likeness (QED) is 0.304. The van der Waals surface area contributed by atoms with Crippen molar-refractivity contribution < 1.29 is 23.9 Å². The lowest BCUT2D eigenvalue weighted by molar-refractivity contribution is -0.139.